The molecule has 0 amide bonds. The molecule has 1 fully saturated rings. The van der Waals surface area contributed by atoms with Crippen LogP contribution in [0.2, 0.25) is 0 Å². The third kappa shape index (κ3) is 2.94. The van der Waals surface area contributed by atoms with Gasteiger partial charge in [0.15, 0.2) is 0 Å². The van der Waals surface area contributed by atoms with Crippen molar-refractivity contribution in [1.29, 1.82) is 0 Å². The number of aliphatic hydroxyl groups excluding tert-OH is 1. The minimum atomic E-state index is -1.68. The molecule has 1 aromatic heterocycles. The van der Waals surface area contributed by atoms with Crippen molar-refractivity contribution >= 4 is 11.9 Å². The fourth-order valence-electron chi connectivity index (χ4n) is 6.76. The van der Waals surface area contributed by atoms with E-state index in [1.54, 1.807) is 25.3 Å². The van der Waals surface area contributed by atoms with Gasteiger partial charge in [-0.1, -0.05) is 25.5 Å². The highest BCUT2D eigenvalue weighted by Crippen LogP contribution is 2.65. The monoisotopic (exact) mass is 469 g/mol. The van der Waals surface area contributed by atoms with Crippen LogP contribution >= 0.6 is 0 Å². The number of hydrogen-bond donors (Lipinski definition) is 2. The van der Waals surface area contributed by atoms with Crippen molar-refractivity contribution in [2.75, 3.05) is 6.61 Å². The number of fused-ring (bicyclic) bond motifs is 1. The van der Waals surface area contributed by atoms with E-state index >= 15 is 0 Å². The molecule has 5 rings (SSSR count). The molecule has 0 unspecified atom stereocenters. The number of carbonyl (C=O) groups excluding carboxylic acids is 2. The Labute approximate surface area is 198 Å². The van der Waals surface area contributed by atoms with Gasteiger partial charge in [0.25, 0.3) is 0 Å². The van der Waals surface area contributed by atoms with Crippen LogP contribution in [0, 0.1) is 16.7 Å². The molecular formula is C26H31NO7. The summed E-state index contributed by atoms with van der Waals surface area (Å²) < 4.78 is 17.2. The first-order valence-corrected chi connectivity index (χ1v) is 11.8. The fraction of sp³-hybridized carbons (Fsp3) is 0.577. The van der Waals surface area contributed by atoms with Crippen molar-refractivity contribution in [1.82, 2.24) is 4.98 Å². The van der Waals surface area contributed by atoms with Gasteiger partial charge >= 0.3 is 11.9 Å². The molecule has 8 heteroatoms. The molecule has 0 aromatic carbocycles. The second-order valence-electron chi connectivity index (χ2n) is 10.6. The van der Waals surface area contributed by atoms with Crippen molar-refractivity contribution in [3.8, 4) is 0 Å². The number of ether oxygens (including phenoxy) is 3. The van der Waals surface area contributed by atoms with Crippen LogP contribution < -0.4 is 0 Å². The number of carbonyl (C=O) groups is 2. The molecule has 0 bridgehead atoms. The summed E-state index contributed by atoms with van der Waals surface area (Å²) in [6.07, 6.45) is 4.12. The number of cyclic esters (lactones) is 1. The third-order valence-corrected chi connectivity index (χ3v) is 9.12. The number of rotatable bonds is 3. The van der Waals surface area contributed by atoms with Gasteiger partial charge in [0.05, 0.1) is 5.56 Å². The molecular weight excluding hydrogens is 438 g/mol. The van der Waals surface area contributed by atoms with E-state index in [4.69, 9.17) is 14.2 Å². The Balaban J connectivity index is 1.56. The normalized spacial score (nSPS) is 41.2. The minimum absolute atomic E-state index is 0.192. The highest BCUT2D eigenvalue weighted by Gasteiger charge is 2.72. The lowest BCUT2D eigenvalue weighted by Crippen LogP contribution is -2.74. The molecule has 2 N–H and O–H groups in total. The van der Waals surface area contributed by atoms with Gasteiger partial charge in [0.2, 0.25) is 5.76 Å². The summed E-state index contributed by atoms with van der Waals surface area (Å²) >= 11 is 0. The van der Waals surface area contributed by atoms with E-state index in [-0.39, 0.29) is 23.8 Å². The molecule has 34 heavy (non-hydrogen) atoms. The lowest BCUT2D eigenvalue weighted by molar-refractivity contribution is -0.288. The molecule has 1 aromatic rings. The molecule has 4 aliphatic rings. The summed E-state index contributed by atoms with van der Waals surface area (Å²) in [5.41, 5.74) is -1.33. The van der Waals surface area contributed by atoms with Crippen LogP contribution in [0.15, 0.2) is 47.5 Å². The minimum Gasteiger partial charge on any atom is -0.482 e. The smallest absolute Gasteiger partial charge is 0.374 e. The van der Waals surface area contributed by atoms with Crippen LogP contribution in [0.25, 0.3) is 0 Å². The van der Waals surface area contributed by atoms with Crippen molar-refractivity contribution < 1.29 is 34.0 Å². The van der Waals surface area contributed by atoms with Gasteiger partial charge in [-0.2, -0.15) is 0 Å². The average molecular weight is 470 g/mol. The summed E-state index contributed by atoms with van der Waals surface area (Å²) in [6, 6.07) is 3.25. The Hall–Kier alpha value is -2.71. The van der Waals surface area contributed by atoms with Gasteiger partial charge in [-0.25, -0.2) is 9.59 Å². The van der Waals surface area contributed by atoms with E-state index in [1.807, 2.05) is 20.8 Å². The largest absolute Gasteiger partial charge is 0.482 e. The van der Waals surface area contributed by atoms with Gasteiger partial charge in [-0.15, -0.1) is 0 Å². The quantitative estimate of drug-likeness (QED) is 0.513. The van der Waals surface area contributed by atoms with Crippen LogP contribution in [0.4, 0.5) is 0 Å². The highest BCUT2D eigenvalue weighted by molar-refractivity contribution is 5.90. The Bertz CT molecular complexity index is 1090. The lowest BCUT2D eigenvalue weighted by Gasteiger charge is -2.65. The van der Waals surface area contributed by atoms with Crippen LogP contribution in [-0.2, 0) is 19.0 Å². The molecule has 3 heterocycles. The van der Waals surface area contributed by atoms with Gasteiger partial charge in [-0.3, -0.25) is 4.98 Å². The highest BCUT2D eigenvalue weighted by atomic mass is 16.6. The summed E-state index contributed by atoms with van der Waals surface area (Å²) in [5, 5.41) is 23.6. The summed E-state index contributed by atoms with van der Waals surface area (Å²) in [4.78, 5) is 29.1. The summed E-state index contributed by atoms with van der Waals surface area (Å²) in [6.45, 7) is 7.67. The molecule has 2 aliphatic heterocycles. The summed E-state index contributed by atoms with van der Waals surface area (Å²) in [5.74, 6) is -1.05. The number of aliphatic hydroxyl groups is 2. The zero-order valence-corrected chi connectivity index (χ0v) is 19.9. The average Bonchev–Trinajstić information content (AvgIpc) is 3.40. The van der Waals surface area contributed by atoms with Crippen molar-refractivity contribution in [3.63, 3.8) is 0 Å². The first-order chi connectivity index (χ1) is 16.0. The number of aromatic nitrogens is 1. The Morgan fingerprint density at radius 1 is 1.29 bits per heavy atom. The second kappa shape index (κ2) is 7.65. The molecule has 0 saturated heterocycles. The number of esters is 2. The van der Waals surface area contributed by atoms with E-state index in [1.165, 1.54) is 6.20 Å². The van der Waals surface area contributed by atoms with E-state index in [9.17, 15) is 19.8 Å². The molecule has 1 saturated carbocycles. The molecule has 182 valence electrons. The Morgan fingerprint density at radius 3 is 2.74 bits per heavy atom. The van der Waals surface area contributed by atoms with Crippen LogP contribution in [0.1, 0.15) is 57.3 Å². The third-order valence-electron chi connectivity index (χ3n) is 9.12. The van der Waals surface area contributed by atoms with Crippen LogP contribution in [0.5, 0.6) is 0 Å². The number of pyridine rings is 1. The fourth-order valence-corrected chi connectivity index (χ4v) is 6.76. The lowest BCUT2D eigenvalue weighted by atomic mass is 9.43. The van der Waals surface area contributed by atoms with Crippen LogP contribution in [-0.4, -0.2) is 57.7 Å². The maximum atomic E-state index is 13.0. The van der Waals surface area contributed by atoms with Gasteiger partial charge in [0.1, 0.15) is 30.5 Å². The number of nitrogens with zero attached hydrogens (tertiary/aromatic N) is 1. The maximum Gasteiger partial charge on any atom is 0.374 e. The number of hydrogen-bond acceptors (Lipinski definition) is 8. The first-order valence-electron chi connectivity index (χ1n) is 11.8. The first kappa shape index (κ1) is 23.1. The van der Waals surface area contributed by atoms with Crippen molar-refractivity contribution in [3.05, 3.63) is 53.1 Å². The second-order valence-corrected chi connectivity index (χ2v) is 10.6. The van der Waals surface area contributed by atoms with Gasteiger partial charge < -0.3 is 24.4 Å². The topological polar surface area (TPSA) is 115 Å². The SMILES string of the molecule is CC1=CCC[C@H]2[C@@]1(C)[C@@H](OC(=O)c1cccnc1)[C@H](O)[C@](C)(O)[C@]2(C)[C@H]1CC2=C(O1)C(=O)OC2. The maximum absolute atomic E-state index is 13.0. The van der Waals surface area contributed by atoms with Crippen molar-refractivity contribution in [2.24, 2.45) is 16.7 Å². The van der Waals surface area contributed by atoms with Gasteiger partial charge in [0, 0.05) is 35.2 Å². The molecule has 0 spiro atoms. The molecule has 0 radical (unpaired) electrons. The standard InChI is InChI=1S/C26H31NO7/c1-14-7-5-9-17-24(14,2)21(34-22(29)15-8-6-10-27-12-15)20(28)26(4,31)25(17,3)18-11-16-13-32-23(30)19(16)33-18/h6-8,10,12,17-18,20-21,28,31H,5,9,11,13H2,1-4H3/t17-,18+,20-,21-,24-,25-,26-/m0/s1. The van der Waals surface area contributed by atoms with Crippen molar-refractivity contribution in [2.45, 2.75) is 70.9 Å². The number of allylic oxidation sites excluding steroid dienone is 1. The van der Waals surface area contributed by atoms with E-state index in [0.717, 1.165) is 17.6 Å². The zero-order chi connectivity index (χ0) is 24.5. The Kier molecular flexibility index (Phi) is 5.19. The Morgan fingerprint density at radius 2 is 2.06 bits per heavy atom. The predicted molar refractivity (Wildman–Crippen MR) is 120 cm³/mol. The van der Waals surface area contributed by atoms with Crippen LogP contribution in [0.3, 0.4) is 0 Å². The molecule has 7 atom stereocenters. The van der Waals surface area contributed by atoms with Gasteiger partial charge in [-0.05, 0) is 44.7 Å². The van der Waals surface area contributed by atoms with E-state index in [0.29, 0.717) is 12.8 Å². The predicted octanol–water partition coefficient (Wildman–Crippen LogP) is 2.70. The summed E-state index contributed by atoms with van der Waals surface area (Å²) in [7, 11) is 0. The van der Waals surface area contributed by atoms with E-state index in [2.05, 4.69) is 11.1 Å². The van der Waals surface area contributed by atoms with E-state index < -0.39 is 46.7 Å². The molecule has 8 nitrogen and oxygen atoms in total. The molecule has 2 aliphatic carbocycles. The zero-order valence-electron chi connectivity index (χ0n) is 19.9.